The second kappa shape index (κ2) is 6.41. The van der Waals surface area contributed by atoms with Crippen LogP contribution in [0.4, 0.5) is 13.2 Å². The van der Waals surface area contributed by atoms with Crippen LogP contribution in [0.2, 0.25) is 0 Å². The van der Waals surface area contributed by atoms with Gasteiger partial charge in [0.05, 0.1) is 0 Å². The largest absolute Gasteiger partial charge is 0.481 e. The second-order valence-corrected chi connectivity index (χ2v) is 5.23. The molecule has 0 radical (unpaired) electrons. The Labute approximate surface area is 105 Å². The lowest BCUT2D eigenvalue weighted by atomic mass is 9.82. The molecule has 2 N–H and O–H groups in total. The molecule has 0 amide bonds. The number of nitrogens with one attached hydrogen (secondary N) is 1. The Morgan fingerprint density at radius 1 is 1.44 bits per heavy atom. The van der Waals surface area contributed by atoms with E-state index >= 15 is 0 Å². The summed E-state index contributed by atoms with van der Waals surface area (Å²) < 4.78 is 37.1. The third-order valence-corrected chi connectivity index (χ3v) is 3.52. The second-order valence-electron chi connectivity index (χ2n) is 5.23. The van der Waals surface area contributed by atoms with Crippen molar-refractivity contribution in [3.8, 4) is 0 Å². The Kier molecular flexibility index (Phi) is 5.44. The number of rotatable bonds is 5. The van der Waals surface area contributed by atoms with Crippen molar-refractivity contribution < 1.29 is 23.1 Å². The van der Waals surface area contributed by atoms with Crippen molar-refractivity contribution >= 4 is 5.97 Å². The van der Waals surface area contributed by atoms with Crippen molar-refractivity contribution in [1.29, 1.82) is 0 Å². The van der Waals surface area contributed by atoms with E-state index in [1.54, 1.807) is 0 Å². The molecular formula is C12H20F3NO2. The van der Waals surface area contributed by atoms with Gasteiger partial charge >= 0.3 is 12.1 Å². The molecule has 3 unspecified atom stereocenters. The lowest BCUT2D eigenvalue weighted by Crippen LogP contribution is -2.40. The standard InChI is InChI=1S/C12H20F3NO2/c1-8-3-2-4-9(5-8)6-16-7-10(11(17)18)12(13,14)15/h8-10,16H,2-7H2,1H3,(H,17,18). The van der Waals surface area contributed by atoms with Crippen molar-refractivity contribution in [2.45, 2.75) is 38.8 Å². The molecule has 3 atom stereocenters. The van der Waals surface area contributed by atoms with E-state index in [1.807, 2.05) is 0 Å². The summed E-state index contributed by atoms with van der Waals surface area (Å²) in [5, 5.41) is 11.2. The van der Waals surface area contributed by atoms with Gasteiger partial charge in [0.25, 0.3) is 0 Å². The highest BCUT2D eigenvalue weighted by Gasteiger charge is 2.44. The van der Waals surface area contributed by atoms with Crippen molar-refractivity contribution in [3.63, 3.8) is 0 Å². The summed E-state index contributed by atoms with van der Waals surface area (Å²) in [5.41, 5.74) is 0. The fraction of sp³-hybridized carbons (Fsp3) is 0.917. The van der Waals surface area contributed by atoms with Gasteiger partial charge in [-0.1, -0.05) is 19.8 Å². The fourth-order valence-corrected chi connectivity index (χ4v) is 2.52. The number of hydrogen-bond acceptors (Lipinski definition) is 2. The number of carboxylic acid groups (broad SMARTS) is 1. The van der Waals surface area contributed by atoms with Crippen molar-refractivity contribution in [2.75, 3.05) is 13.1 Å². The minimum absolute atomic E-state index is 0.372. The normalized spacial score (nSPS) is 26.9. The summed E-state index contributed by atoms with van der Waals surface area (Å²) in [5.74, 6) is -3.13. The molecule has 106 valence electrons. The number of carboxylic acids is 1. The van der Waals surface area contributed by atoms with Gasteiger partial charge in [-0.25, -0.2) is 0 Å². The van der Waals surface area contributed by atoms with Crippen LogP contribution in [-0.4, -0.2) is 30.3 Å². The smallest absolute Gasteiger partial charge is 0.403 e. The summed E-state index contributed by atoms with van der Waals surface area (Å²) in [4.78, 5) is 10.5. The predicted molar refractivity (Wildman–Crippen MR) is 61.2 cm³/mol. The Hall–Kier alpha value is -0.780. The molecule has 0 bridgehead atoms. The van der Waals surface area contributed by atoms with Gasteiger partial charge in [0.2, 0.25) is 0 Å². The number of aliphatic carboxylic acids is 1. The highest BCUT2D eigenvalue weighted by atomic mass is 19.4. The zero-order valence-electron chi connectivity index (χ0n) is 10.5. The van der Waals surface area contributed by atoms with E-state index in [4.69, 9.17) is 5.11 Å². The third-order valence-electron chi connectivity index (χ3n) is 3.52. The Morgan fingerprint density at radius 2 is 2.11 bits per heavy atom. The van der Waals surface area contributed by atoms with E-state index < -0.39 is 24.6 Å². The molecule has 6 heteroatoms. The molecule has 1 fully saturated rings. The molecule has 0 spiro atoms. The van der Waals surface area contributed by atoms with E-state index in [2.05, 4.69) is 12.2 Å². The molecule has 1 aliphatic carbocycles. The molecule has 18 heavy (non-hydrogen) atoms. The molecule has 0 aromatic carbocycles. The molecular weight excluding hydrogens is 247 g/mol. The van der Waals surface area contributed by atoms with Crippen LogP contribution in [0.3, 0.4) is 0 Å². The topological polar surface area (TPSA) is 49.3 Å². The molecule has 3 nitrogen and oxygen atoms in total. The molecule has 0 saturated heterocycles. The summed E-state index contributed by atoms with van der Waals surface area (Å²) in [6.45, 7) is 2.08. The first-order chi connectivity index (χ1) is 8.30. The maximum absolute atomic E-state index is 12.4. The number of alkyl halides is 3. The van der Waals surface area contributed by atoms with E-state index in [0.29, 0.717) is 18.4 Å². The van der Waals surface area contributed by atoms with Crippen molar-refractivity contribution in [2.24, 2.45) is 17.8 Å². The minimum Gasteiger partial charge on any atom is -0.481 e. The van der Waals surface area contributed by atoms with Crippen LogP contribution in [-0.2, 0) is 4.79 Å². The molecule has 0 aromatic heterocycles. The first-order valence-corrected chi connectivity index (χ1v) is 6.31. The van der Waals surface area contributed by atoms with Gasteiger partial charge in [-0.2, -0.15) is 13.2 Å². The van der Waals surface area contributed by atoms with Crippen LogP contribution < -0.4 is 5.32 Å². The van der Waals surface area contributed by atoms with E-state index in [0.717, 1.165) is 19.3 Å². The lowest BCUT2D eigenvalue weighted by Gasteiger charge is -2.27. The van der Waals surface area contributed by atoms with E-state index in [1.165, 1.54) is 6.42 Å². The van der Waals surface area contributed by atoms with Crippen LogP contribution in [0.1, 0.15) is 32.6 Å². The molecule has 1 aliphatic rings. The predicted octanol–water partition coefficient (Wildman–Crippen LogP) is 2.67. The number of hydrogen-bond donors (Lipinski definition) is 2. The van der Waals surface area contributed by atoms with Gasteiger partial charge < -0.3 is 10.4 Å². The lowest BCUT2D eigenvalue weighted by molar-refractivity contribution is -0.192. The zero-order valence-corrected chi connectivity index (χ0v) is 10.5. The molecule has 1 saturated carbocycles. The summed E-state index contributed by atoms with van der Waals surface area (Å²) in [7, 11) is 0. The maximum Gasteiger partial charge on any atom is 0.403 e. The van der Waals surface area contributed by atoms with Gasteiger partial charge in [0.1, 0.15) is 0 Å². The minimum atomic E-state index is -4.68. The summed E-state index contributed by atoms with van der Waals surface area (Å²) in [6, 6.07) is 0. The van der Waals surface area contributed by atoms with Gasteiger partial charge in [-0.15, -0.1) is 0 Å². The highest BCUT2D eigenvalue weighted by Crippen LogP contribution is 2.29. The monoisotopic (exact) mass is 267 g/mol. The Bertz CT molecular complexity index is 281. The highest BCUT2D eigenvalue weighted by molar-refractivity contribution is 5.71. The van der Waals surface area contributed by atoms with Crippen LogP contribution in [0.25, 0.3) is 0 Å². The number of halogens is 3. The SMILES string of the molecule is CC1CCCC(CNCC(C(=O)O)C(F)(F)F)C1. The molecule has 1 rings (SSSR count). The first-order valence-electron chi connectivity index (χ1n) is 6.31. The quantitative estimate of drug-likeness (QED) is 0.805. The van der Waals surface area contributed by atoms with Gasteiger partial charge in [0.15, 0.2) is 5.92 Å². The number of carbonyl (C=O) groups is 1. The Morgan fingerprint density at radius 3 is 2.61 bits per heavy atom. The van der Waals surface area contributed by atoms with Gasteiger partial charge in [0, 0.05) is 6.54 Å². The van der Waals surface area contributed by atoms with Crippen LogP contribution >= 0.6 is 0 Å². The summed E-state index contributed by atoms with van der Waals surface area (Å²) >= 11 is 0. The van der Waals surface area contributed by atoms with E-state index in [9.17, 15) is 18.0 Å². The zero-order chi connectivity index (χ0) is 13.8. The fourth-order valence-electron chi connectivity index (χ4n) is 2.52. The molecule has 0 aliphatic heterocycles. The van der Waals surface area contributed by atoms with Crippen LogP contribution in [0, 0.1) is 17.8 Å². The first kappa shape index (κ1) is 15.3. The maximum atomic E-state index is 12.4. The average molecular weight is 267 g/mol. The third kappa shape index (κ3) is 4.84. The van der Waals surface area contributed by atoms with E-state index in [-0.39, 0.29) is 0 Å². The van der Waals surface area contributed by atoms with Crippen LogP contribution in [0.15, 0.2) is 0 Å². The van der Waals surface area contributed by atoms with Crippen molar-refractivity contribution in [1.82, 2.24) is 5.32 Å². The molecule has 0 aromatic rings. The van der Waals surface area contributed by atoms with Crippen LogP contribution in [0.5, 0.6) is 0 Å². The van der Waals surface area contributed by atoms with Gasteiger partial charge in [-0.05, 0) is 31.2 Å². The summed E-state index contributed by atoms with van der Waals surface area (Å²) in [6.07, 6.45) is -0.373. The Balaban J connectivity index is 2.33. The van der Waals surface area contributed by atoms with Gasteiger partial charge in [-0.3, -0.25) is 4.79 Å². The molecule has 0 heterocycles. The average Bonchev–Trinajstić information content (AvgIpc) is 2.22. The van der Waals surface area contributed by atoms with Crippen molar-refractivity contribution in [3.05, 3.63) is 0 Å².